The van der Waals surface area contributed by atoms with Gasteiger partial charge in [0.05, 0.1) is 18.8 Å². The third-order valence-electron chi connectivity index (χ3n) is 10.8. The topological polar surface area (TPSA) is 89.8 Å². The Morgan fingerprint density at radius 2 is 0.786 bits per heavy atom. The Morgan fingerprint density at radius 1 is 0.446 bits per heavy atom. The summed E-state index contributed by atoms with van der Waals surface area (Å²) in [6.45, 7) is 4.16. The fourth-order valence-electron chi connectivity index (χ4n) is 7.01. The zero-order valence-electron chi connectivity index (χ0n) is 37.0. The van der Waals surface area contributed by atoms with Crippen LogP contribution in [0.1, 0.15) is 232 Å². The fraction of sp³-hybridized carbons (Fsp3) is 0.784. The SMILES string of the molecule is CCCCCCCCCC/C=C/CC/C=C/CC/C=C/C(O)C(CO)NC(=O)C(O)CCCCCCCCCC/C=C\C/C=C\CCCCCCCCCCC. The molecule has 3 atom stereocenters. The number of hydrogen-bond donors (Lipinski definition) is 4. The Kier molecular flexibility index (Phi) is 44.2. The van der Waals surface area contributed by atoms with E-state index in [1.54, 1.807) is 6.08 Å². The van der Waals surface area contributed by atoms with Crippen molar-refractivity contribution in [3.8, 4) is 0 Å². The smallest absolute Gasteiger partial charge is 0.249 e. The van der Waals surface area contributed by atoms with E-state index in [2.05, 4.69) is 67.8 Å². The van der Waals surface area contributed by atoms with Crippen LogP contribution in [0.5, 0.6) is 0 Å². The third-order valence-corrected chi connectivity index (χ3v) is 10.8. The first-order valence-electron chi connectivity index (χ1n) is 24.1. The number of allylic oxidation sites excluding steroid dienone is 9. The predicted octanol–water partition coefficient (Wildman–Crippen LogP) is 14.3. The number of aliphatic hydroxyl groups excluding tert-OH is 3. The van der Waals surface area contributed by atoms with Crippen molar-refractivity contribution in [2.45, 2.75) is 250 Å². The summed E-state index contributed by atoms with van der Waals surface area (Å²) in [7, 11) is 0. The normalized spacial score (nSPS) is 14.0. The minimum atomic E-state index is -1.12. The highest BCUT2D eigenvalue weighted by atomic mass is 16.3. The van der Waals surface area contributed by atoms with Crippen molar-refractivity contribution < 1.29 is 20.1 Å². The maximum atomic E-state index is 12.5. The molecule has 0 fully saturated rings. The lowest BCUT2D eigenvalue weighted by Crippen LogP contribution is -2.48. The van der Waals surface area contributed by atoms with Gasteiger partial charge in [-0.2, -0.15) is 0 Å². The Labute approximate surface area is 348 Å². The molecule has 4 N–H and O–H groups in total. The fourth-order valence-corrected chi connectivity index (χ4v) is 7.01. The van der Waals surface area contributed by atoms with Crippen molar-refractivity contribution in [2.75, 3.05) is 6.61 Å². The molecule has 5 nitrogen and oxygen atoms in total. The molecule has 0 heterocycles. The van der Waals surface area contributed by atoms with Crippen LogP contribution in [0.15, 0.2) is 60.8 Å². The highest BCUT2D eigenvalue weighted by Gasteiger charge is 2.22. The molecule has 0 rings (SSSR count). The number of carbonyl (C=O) groups excluding carboxylic acids is 1. The molecule has 0 saturated heterocycles. The lowest BCUT2D eigenvalue weighted by atomic mass is 10.0. The summed E-state index contributed by atoms with van der Waals surface area (Å²) in [6, 6.07) is -0.826. The Balaban J connectivity index is 3.73. The zero-order chi connectivity index (χ0) is 40.8. The van der Waals surface area contributed by atoms with E-state index >= 15 is 0 Å². The molecule has 0 aromatic carbocycles. The first-order valence-corrected chi connectivity index (χ1v) is 24.1. The zero-order valence-corrected chi connectivity index (χ0v) is 37.0. The van der Waals surface area contributed by atoms with Crippen LogP contribution < -0.4 is 5.32 Å². The summed E-state index contributed by atoms with van der Waals surface area (Å²) in [5.74, 6) is -0.523. The van der Waals surface area contributed by atoms with E-state index in [-0.39, 0.29) is 6.61 Å². The number of carbonyl (C=O) groups is 1. The van der Waals surface area contributed by atoms with Crippen LogP contribution in [0.4, 0.5) is 0 Å². The standard InChI is InChI=1S/C51H93NO4/c1-3-5-7-9-11-13-15-17-19-21-23-24-25-26-27-28-30-32-34-36-38-40-42-44-46-50(55)51(56)52-48(47-53)49(54)45-43-41-39-37-35-33-31-29-22-20-18-16-14-12-10-8-6-4-2/h22-24,26-27,29,35,37,43,45,48-50,53-55H,3-21,25,28,30-34,36,38-42,44,46-47H2,1-2H3,(H,52,56)/b24-23-,27-26-,29-22+,37-35+,45-43+. The molecule has 0 bridgehead atoms. The van der Waals surface area contributed by atoms with Gasteiger partial charge in [-0.15, -0.1) is 0 Å². The second-order valence-electron chi connectivity index (χ2n) is 16.3. The molecule has 0 aromatic heterocycles. The molecule has 0 aliphatic heterocycles. The number of aliphatic hydroxyl groups is 3. The van der Waals surface area contributed by atoms with Crippen LogP contribution >= 0.6 is 0 Å². The van der Waals surface area contributed by atoms with Gasteiger partial charge in [-0.05, 0) is 77.0 Å². The number of nitrogens with one attached hydrogen (secondary N) is 1. The molecular weight excluding hydrogens is 691 g/mol. The van der Waals surface area contributed by atoms with Gasteiger partial charge in [0, 0.05) is 0 Å². The minimum absolute atomic E-state index is 0.385. The van der Waals surface area contributed by atoms with Gasteiger partial charge < -0.3 is 20.6 Å². The second-order valence-corrected chi connectivity index (χ2v) is 16.3. The number of hydrogen-bond acceptors (Lipinski definition) is 4. The predicted molar refractivity (Wildman–Crippen MR) is 245 cm³/mol. The maximum Gasteiger partial charge on any atom is 0.249 e. The summed E-state index contributed by atoms with van der Waals surface area (Å²) in [5, 5.41) is 33.2. The lowest BCUT2D eigenvalue weighted by Gasteiger charge is -2.21. The van der Waals surface area contributed by atoms with Crippen molar-refractivity contribution in [3.63, 3.8) is 0 Å². The van der Waals surface area contributed by atoms with E-state index in [0.29, 0.717) is 6.42 Å². The van der Waals surface area contributed by atoms with Crippen LogP contribution in [0.2, 0.25) is 0 Å². The Morgan fingerprint density at radius 3 is 1.20 bits per heavy atom. The van der Waals surface area contributed by atoms with E-state index in [1.807, 2.05) is 6.08 Å². The van der Waals surface area contributed by atoms with Crippen LogP contribution in [0, 0.1) is 0 Å². The summed E-state index contributed by atoms with van der Waals surface area (Å²) < 4.78 is 0. The molecule has 326 valence electrons. The number of amides is 1. The van der Waals surface area contributed by atoms with E-state index < -0.39 is 24.2 Å². The minimum Gasteiger partial charge on any atom is -0.394 e. The molecule has 0 saturated carbocycles. The second kappa shape index (κ2) is 45.7. The van der Waals surface area contributed by atoms with E-state index in [9.17, 15) is 20.1 Å². The Bertz CT molecular complexity index is 954. The summed E-state index contributed by atoms with van der Waals surface area (Å²) >= 11 is 0. The lowest BCUT2D eigenvalue weighted by molar-refractivity contribution is -0.131. The largest absolute Gasteiger partial charge is 0.394 e. The van der Waals surface area contributed by atoms with Crippen molar-refractivity contribution >= 4 is 5.91 Å². The van der Waals surface area contributed by atoms with Crippen LogP contribution in [-0.2, 0) is 4.79 Å². The van der Waals surface area contributed by atoms with E-state index in [0.717, 1.165) is 51.4 Å². The van der Waals surface area contributed by atoms with Crippen molar-refractivity contribution in [3.05, 3.63) is 60.8 Å². The molecular formula is C51H93NO4. The molecule has 0 aliphatic rings. The molecule has 0 aliphatic carbocycles. The van der Waals surface area contributed by atoms with Gasteiger partial charge in [0.25, 0.3) is 0 Å². The van der Waals surface area contributed by atoms with E-state index in [4.69, 9.17) is 0 Å². The Hall–Kier alpha value is -1.95. The first-order chi connectivity index (χ1) is 27.6. The highest BCUT2D eigenvalue weighted by molar-refractivity contribution is 5.80. The van der Waals surface area contributed by atoms with Gasteiger partial charge >= 0.3 is 0 Å². The van der Waals surface area contributed by atoms with Gasteiger partial charge in [0.2, 0.25) is 5.91 Å². The monoisotopic (exact) mass is 784 g/mol. The molecule has 1 amide bonds. The van der Waals surface area contributed by atoms with Crippen molar-refractivity contribution in [1.82, 2.24) is 5.32 Å². The number of unbranched alkanes of at least 4 members (excludes halogenated alkanes) is 27. The van der Waals surface area contributed by atoms with Gasteiger partial charge in [-0.3, -0.25) is 4.79 Å². The molecule has 0 radical (unpaired) electrons. The quantitative estimate of drug-likeness (QED) is 0.0366. The van der Waals surface area contributed by atoms with Gasteiger partial charge in [-0.25, -0.2) is 0 Å². The van der Waals surface area contributed by atoms with Gasteiger partial charge in [-0.1, -0.05) is 216 Å². The average Bonchev–Trinajstić information content (AvgIpc) is 3.20. The maximum absolute atomic E-state index is 12.5. The third kappa shape index (κ3) is 40.3. The van der Waals surface area contributed by atoms with Crippen molar-refractivity contribution in [2.24, 2.45) is 0 Å². The van der Waals surface area contributed by atoms with Crippen LogP contribution in [0.3, 0.4) is 0 Å². The van der Waals surface area contributed by atoms with Gasteiger partial charge in [0.1, 0.15) is 6.10 Å². The summed E-state index contributed by atoms with van der Waals surface area (Å²) in [5.41, 5.74) is 0. The molecule has 56 heavy (non-hydrogen) atoms. The van der Waals surface area contributed by atoms with Gasteiger partial charge in [0.15, 0.2) is 0 Å². The van der Waals surface area contributed by atoms with Crippen LogP contribution in [0.25, 0.3) is 0 Å². The summed E-state index contributed by atoms with van der Waals surface area (Å²) in [6.07, 6.45) is 61.2. The van der Waals surface area contributed by atoms with Crippen LogP contribution in [-0.4, -0.2) is 46.1 Å². The molecule has 5 heteroatoms. The van der Waals surface area contributed by atoms with E-state index in [1.165, 1.54) is 161 Å². The molecule has 0 spiro atoms. The van der Waals surface area contributed by atoms with Crippen molar-refractivity contribution in [1.29, 1.82) is 0 Å². The highest BCUT2D eigenvalue weighted by Crippen LogP contribution is 2.14. The average molecular weight is 784 g/mol. The first kappa shape index (κ1) is 54.0. The molecule has 0 aromatic rings. The molecule has 3 unspecified atom stereocenters. The summed E-state index contributed by atoms with van der Waals surface area (Å²) in [4.78, 5) is 12.5. The number of rotatable bonds is 43.